The first-order chi connectivity index (χ1) is 16.5. The molecule has 0 atom stereocenters. The molecule has 10 nitrogen and oxygen atoms in total. The second-order valence-electron chi connectivity index (χ2n) is 6.80. The van der Waals surface area contributed by atoms with Crippen LogP contribution in [0.1, 0.15) is 11.3 Å². The van der Waals surface area contributed by atoms with Gasteiger partial charge in [0.25, 0.3) is 0 Å². The van der Waals surface area contributed by atoms with E-state index in [4.69, 9.17) is 9.15 Å². The van der Waals surface area contributed by atoms with Crippen molar-refractivity contribution in [3.8, 4) is 11.5 Å². The first-order valence-corrected chi connectivity index (χ1v) is 11.5. The Morgan fingerprint density at radius 1 is 1.03 bits per heavy atom. The minimum Gasteiger partial charge on any atom is -0.506 e. The number of aromatic hydroxyl groups is 1. The minimum atomic E-state index is 0.115. The molecular formula is C22H19Br2N7O3. The van der Waals surface area contributed by atoms with Crippen molar-refractivity contribution >= 4 is 61.6 Å². The number of hydrogen-bond acceptors (Lipinski definition) is 10. The van der Waals surface area contributed by atoms with Gasteiger partial charge in [0.15, 0.2) is 0 Å². The number of nitrogens with zero attached hydrogens (tertiary/aromatic N) is 4. The Hall–Kier alpha value is -3.64. The van der Waals surface area contributed by atoms with Gasteiger partial charge >= 0.3 is 0 Å². The van der Waals surface area contributed by atoms with Crippen LogP contribution in [0.2, 0.25) is 0 Å². The molecule has 4 rings (SSSR count). The SMILES string of the molecule is COc1ccc(Nc2nc(NCc3ccco3)nc(N/N=C/c3cc(Br)c(O)c(Br)c3)n2)cc1. The van der Waals surface area contributed by atoms with Crippen LogP contribution in [0.3, 0.4) is 0 Å². The Morgan fingerprint density at radius 3 is 2.41 bits per heavy atom. The second-order valence-corrected chi connectivity index (χ2v) is 8.50. The van der Waals surface area contributed by atoms with Crippen molar-refractivity contribution in [3.63, 3.8) is 0 Å². The fraction of sp³-hybridized carbons (Fsp3) is 0.0909. The van der Waals surface area contributed by atoms with E-state index in [1.165, 1.54) is 0 Å². The zero-order chi connectivity index (χ0) is 23.9. The summed E-state index contributed by atoms with van der Waals surface area (Å²) in [5.74, 6) is 2.46. The molecule has 0 fully saturated rings. The zero-order valence-corrected chi connectivity index (χ0v) is 21.0. The molecule has 2 aromatic heterocycles. The zero-order valence-electron chi connectivity index (χ0n) is 17.8. The van der Waals surface area contributed by atoms with Gasteiger partial charge < -0.3 is 24.9 Å². The van der Waals surface area contributed by atoms with Gasteiger partial charge in [0, 0.05) is 5.69 Å². The number of halogens is 2. The Bertz CT molecular complexity index is 1260. The normalized spacial score (nSPS) is 10.9. The van der Waals surface area contributed by atoms with Crippen molar-refractivity contribution in [1.82, 2.24) is 15.0 Å². The van der Waals surface area contributed by atoms with Gasteiger partial charge in [0.1, 0.15) is 17.3 Å². The number of hydrogen-bond donors (Lipinski definition) is 4. The molecule has 0 unspecified atom stereocenters. The van der Waals surface area contributed by atoms with E-state index in [9.17, 15) is 5.11 Å². The van der Waals surface area contributed by atoms with Gasteiger partial charge in [-0.3, -0.25) is 0 Å². The number of phenols is 1. The fourth-order valence-electron chi connectivity index (χ4n) is 2.77. The summed E-state index contributed by atoms with van der Waals surface area (Å²) >= 11 is 6.60. The number of hydrazone groups is 1. The van der Waals surface area contributed by atoms with E-state index in [-0.39, 0.29) is 11.7 Å². The van der Waals surface area contributed by atoms with Gasteiger partial charge in [-0.2, -0.15) is 20.1 Å². The van der Waals surface area contributed by atoms with E-state index in [2.05, 4.69) is 68.0 Å². The van der Waals surface area contributed by atoms with Crippen LogP contribution >= 0.6 is 31.9 Å². The largest absolute Gasteiger partial charge is 0.506 e. The van der Waals surface area contributed by atoms with Gasteiger partial charge in [-0.1, -0.05) is 0 Å². The van der Waals surface area contributed by atoms with Crippen LogP contribution in [-0.4, -0.2) is 33.4 Å². The Labute approximate surface area is 211 Å². The van der Waals surface area contributed by atoms with Crippen LogP contribution in [0.25, 0.3) is 0 Å². The van der Waals surface area contributed by atoms with Crippen LogP contribution < -0.4 is 20.8 Å². The molecule has 34 heavy (non-hydrogen) atoms. The average molecular weight is 589 g/mol. The number of phenolic OH excluding ortho intramolecular Hbond substituents is 1. The number of methoxy groups -OCH3 is 1. The Kier molecular flexibility index (Phi) is 7.60. The molecule has 0 spiro atoms. The maximum Gasteiger partial charge on any atom is 0.250 e. The number of nitrogens with one attached hydrogen (secondary N) is 3. The van der Waals surface area contributed by atoms with Crippen molar-refractivity contribution in [2.75, 3.05) is 23.2 Å². The highest BCUT2D eigenvalue weighted by molar-refractivity contribution is 9.11. The first-order valence-electron chi connectivity index (χ1n) is 9.90. The lowest BCUT2D eigenvalue weighted by Gasteiger charge is -2.10. The van der Waals surface area contributed by atoms with Gasteiger partial charge in [-0.25, -0.2) is 5.43 Å². The molecule has 4 aromatic rings. The predicted molar refractivity (Wildman–Crippen MR) is 137 cm³/mol. The summed E-state index contributed by atoms with van der Waals surface area (Å²) in [4.78, 5) is 13.2. The molecule has 12 heteroatoms. The molecule has 0 saturated heterocycles. The second kappa shape index (κ2) is 11.0. The molecule has 0 aliphatic heterocycles. The van der Waals surface area contributed by atoms with Crippen molar-refractivity contribution in [2.24, 2.45) is 5.10 Å². The number of ether oxygens (including phenoxy) is 1. The summed E-state index contributed by atoms with van der Waals surface area (Å²) in [7, 11) is 1.61. The van der Waals surface area contributed by atoms with Crippen LogP contribution in [-0.2, 0) is 6.54 Å². The standard InChI is InChI=1S/C22H19Br2N7O3/c1-33-15-6-4-14(5-7-15)27-21-28-20(25-12-16-3-2-8-34-16)29-22(30-21)31-26-11-13-9-17(23)19(32)18(24)10-13/h2-11,32H,12H2,1H3,(H3,25,27,28,29,30,31)/b26-11+. The number of aromatic nitrogens is 3. The molecule has 0 aliphatic rings. The van der Waals surface area contributed by atoms with Crippen molar-refractivity contribution in [1.29, 1.82) is 0 Å². The predicted octanol–water partition coefficient (Wildman–Crippen LogP) is 5.51. The lowest BCUT2D eigenvalue weighted by molar-refractivity contribution is 0.415. The summed E-state index contributed by atoms with van der Waals surface area (Å²) in [5.41, 5.74) is 4.33. The maximum absolute atomic E-state index is 9.86. The molecule has 4 N–H and O–H groups in total. The van der Waals surface area contributed by atoms with Gasteiger partial charge in [-0.05, 0) is 86.0 Å². The molecule has 2 aromatic carbocycles. The lowest BCUT2D eigenvalue weighted by Crippen LogP contribution is -2.09. The molecule has 2 heterocycles. The van der Waals surface area contributed by atoms with Gasteiger partial charge in [-0.15, -0.1) is 0 Å². The molecule has 0 saturated carbocycles. The third-order valence-electron chi connectivity index (χ3n) is 4.40. The molecule has 0 aliphatic carbocycles. The van der Waals surface area contributed by atoms with Crippen molar-refractivity contribution in [3.05, 3.63) is 75.1 Å². The van der Waals surface area contributed by atoms with E-state index in [0.717, 1.165) is 22.8 Å². The molecule has 0 bridgehead atoms. The summed E-state index contributed by atoms with van der Waals surface area (Å²) < 4.78 is 11.6. The van der Waals surface area contributed by atoms with Crippen LogP contribution in [0.15, 0.2) is 73.3 Å². The van der Waals surface area contributed by atoms with Crippen LogP contribution in [0.4, 0.5) is 23.5 Å². The van der Waals surface area contributed by atoms with Gasteiger partial charge in [0.2, 0.25) is 17.8 Å². The van der Waals surface area contributed by atoms with E-state index in [1.54, 1.807) is 31.7 Å². The average Bonchev–Trinajstić information content (AvgIpc) is 3.35. The van der Waals surface area contributed by atoms with Crippen LogP contribution in [0, 0.1) is 0 Å². The molecule has 0 radical (unpaired) electrons. The topological polar surface area (TPSA) is 130 Å². The molecular weight excluding hydrogens is 570 g/mol. The van der Waals surface area contributed by atoms with Crippen molar-refractivity contribution < 1.29 is 14.3 Å². The summed E-state index contributed by atoms with van der Waals surface area (Å²) in [6, 6.07) is 14.5. The van der Waals surface area contributed by atoms with Gasteiger partial charge in [0.05, 0.1) is 35.1 Å². The number of anilines is 4. The summed E-state index contributed by atoms with van der Waals surface area (Å²) in [6.45, 7) is 0.400. The minimum absolute atomic E-state index is 0.115. The highest BCUT2D eigenvalue weighted by atomic mass is 79.9. The van der Waals surface area contributed by atoms with Crippen molar-refractivity contribution in [2.45, 2.75) is 6.54 Å². The lowest BCUT2D eigenvalue weighted by atomic mass is 10.2. The highest BCUT2D eigenvalue weighted by Gasteiger charge is 2.09. The Balaban J connectivity index is 1.54. The quantitative estimate of drug-likeness (QED) is 0.148. The fourth-order valence-corrected chi connectivity index (χ4v) is 3.99. The monoisotopic (exact) mass is 587 g/mol. The number of benzene rings is 2. The third-order valence-corrected chi connectivity index (χ3v) is 5.61. The van der Waals surface area contributed by atoms with E-state index in [0.29, 0.717) is 27.4 Å². The van der Waals surface area contributed by atoms with E-state index >= 15 is 0 Å². The molecule has 174 valence electrons. The first kappa shape index (κ1) is 23.5. The number of rotatable bonds is 9. The molecule has 0 amide bonds. The summed E-state index contributed by atoms with van der Waals surface area (Å²) in [6.07, 6.45) is 3.17. The van der Waals surface area contributed by atoms with E-state index < -0.39 is 0 Å². The maximum atomic E-state index is 9.86. The summed E-state index contributed by atoms with van der Waals surface area (Å²) in [5, 5.41) is 20.3. The smallest absolute Gasteiger partial charge is 0.250 e. The highest BCUT2D eigenvalue weighted by Crippen LogP contribution is 2.32. The third kappa shape index (κ3) is 6.23. The van der Waals surface area contributed by atoms with E-state index in [1.807, 2.05) is 36.4 Å². The van der Waals surface area contributed by atoms with Crippen LogP contribution in [0.5, 0.6) is 11.5 Å². The Morgan fingerprint density at radius 2 is 1.74 bits per heavy atom. The number of furan rings is 1.